The lowest BCUT2D eigenvalue weighted by Crippen LogP contribution is -2.33. The topological polar surface area (TPSA) is 79.6 Å². The molecule has 7 nitrogen and oxygen atoms in total. The zero-order valence-corrected chi connectivity index (χ0v) is 16.8. The van der Waals surface area contributed by atoms with Crippen LogP contribution in [0.5, 0.6) is 0 Å². The Balaban J connectivity index is 1.64. The largest absolute Gasteiger partial charge is 0.321 e. The van der Waals surface area contributed by atoms with Crippen LogP contribution in [-0.2, 0) is 11.2 Å². The standard InChI is InChI=1S/C20H20ClN5O2/c1-10-7-12(3)26-19(22-10)17(21)18(24-26)20(28)23-15-5-6-16-14(9-15)8-11(2)25(16)13(4)27/h5-7,9,11H,8H2,1-4H3,(H,23,28). The maximum absolute atomic E-state index is 12.8. The summed E-state index contributed by atoms with van der Waals surface area (Å²) in [5.41, 5.74) is 4.79. The van der Waals surface area contributed by atoms with Gasteiger partial charge in [-0.15, -0.1) is 0 Å². The van der Waals surface area contributed by atoms with Gasteiger partial charge in [-0.1, -0.05) is 11.6 Å². The first-order chi connectivity index (χ1) is 13.3. The molecular formula is C20H20ClN5O2. The minimum atomic E-state index is -0.401. The van der Waals surface area contributed by atoms with Crippen LogP contribution < -0.4 is 10.2 Å². The second kappa shape index (κ2) is 6.60. The summed E-state index contributed by atoms with van der Waals surface area (Å²) >= 11 is 6.38. The van der Waals surface area contributed by atoms with E-state index in [-0.39, 0.29) is 22.7 Å². The van der Waals surface area contributed by atoms with Gasteiger partial charge in [0.15, 0.2) is 11.3 Å². The average molecular weight is 398 g/mol. The van der Waals surface area contributed by atoms with Gasteiger partial charge in [-0.05, 0) is 57.0 Å². The van der Waals surface area contributed by atoms with Crippen LogP contribution >= 0.6 is 11.6 Å². The molecule has 0 spiro atoms. The van der Waals surface area contributed by atoms with Crippen LogP contribution in [0.15, 0.2) is 24.3 Å². The Morgan fingerprint density at radius 3 is 2.71 bits per heavy atom. The number of anilines is 2. The molecule has 8 heteroatoms. The summed E-state index contributed by atoms with van der Waals surface area (Å²) in [5, 5.41) is 7.40. The lowest BCUT2D eigenvalue weighted by atomic mass is 10.1. The molecule has 4 rings (SSSR count). The molecule has 2 amide bonds. The Morgan fingerprint density at radius 2 is 2.00 bits per heavy atom. The fraction of sp³-hybridized carbons (Fsp3) is 0.300. The number of halogens is 1. The lowest BCUT2D eigenvalue weighted by Gasteiger charge is -2.20. The summed E-state index contributed by atoms with van der Waals surface area (Å²) in [7, 11) is 0. The quantitative estimate of drug-likeness (QED) is 0.717. The number of amides is 2. The first-order valence-corrected chi connectivity index (χ1v) is 9.40. The molecule has 1 aliphatic rings. The number of nitrogens with one attached hydrogen (secondary N) is 1. The zero-order valence-electron chi connectivity index (χ0n) is 16.1. The van der Waals surface area contributed by atoms with Crippen LogP contribution in [0, 0.1) is 13.8 Å². The van der Waals surface area contributed by atoms with Crippen LogP contribution in [0.1, 0.15) is 41.3 Å². The number of aromatic nitrogens is 3. The Hall–Kier alpha value is -2.93. The van der Waals surface area contributed by atoms with Gasteiger partial charge in [0.25, 0.3) is 5.91 Å². The van der Waals surface area contributed by atoms with Crippen molar-refractivity contribution in [2.24, 2.45) is 0 Å². The summed E-state index contributed by atoms with van der Waals surface area (Å²) < 4.78 is 1.57. The number of carbonyl (C=O) groups is 2. The lowest BCUT2D eigenvalue weighted by molar-refractivity contribution is -0.116. The van der Waals surface area contributed by atoms with E-state index < -0.39 is 5.91 Å². The summed E-state index contributed by atoms with van der Waals surface area (Å²) in [4.78, 5) is 30.8. The number of hydrogen-bond acceptors (Lipinski definition) is 4. The molecule has 144 valence electrons. The highest BCUT2D eigenvalue weighted by atomic mass is 35.5. The van der Waals surface area contributed by atoms with E-state index >= 15 is 0 Å². The molecule has 2 aromatic heterocycles. The number of aryl methyl sites for hydroxylation is 2. The van der Waals surface area contributed by atoms with Crippen molar-refractivity contribution >= 4 is 40.4 Å². The molecule has 3 heterocycles. The highest BCUT2D eigenvalue weighted by Crippen LogP contribution is 2.34. The number of hydrogen-bond donors (Lipinski definition) is 1. The highest BCUT2D eigenvalue weighted by Gasteiger charge is 2.29. The fourth-order valence-electron chi connectivity index (χ4n) is 3.82. The van der Waals surface area contributed by atoms with E-state index in [1.54, 1.807) is 22.4 Å². The van der Waals surface area contributed by atoms with Crippen molar-refractivity contribution in [2.45, 2.75) is 40.2 Å². The van der Waals surface area contributed by atoms with E-state index in [4.69, 9.17) is 11.6 Å². The Morgan fingerprint density at radius 1 is 1.25 bits per heavy atom. The molecule has 0 bridgehead atoms. The van der Waals surface area contributed by atoms with Crippen molar-refractivity contribution in [3.8, 4) is 0 Å². The van der Waals surface area contributed by atoms with Crippen molar-refractivity contribution in [1.29, 1.82) is 0 Å². The molecule has 0 radical (unpaired) electrons. The highest BCUT2D eigenvalue weighted by molar-refractivity contribution is 6.37. The summed E-state index contributed by atoms with van der Waals surface area (Å²) in [6, 6.07) is 7.51. The molecule has 0 fully saturated rings. The minimum absolute atomic E-state index is 0.0117. The van der Waals surface area contributed by atoms with E-state index in [1.807, 2.05) is 39.0 Å². The van der Waals surface area contributed by atoms with Crippen molar-refractivity contribution < 1.29 is 9.59 Å². The second-order valence-corrected chi connectivity index (χ2v) is 7.55. The van der Waals surface area contributed by atoms with Crippen molar-refractivity contribution in [3.63, 3.8) is 0 Å². The molecule has 1 aromatic carbocycles. The van der Waals surface area contributed by atoms with E-state index in [1.165, 1.54) is 0 Å². The molecule has 0 saturated carbocycles. The molecule has 3 aromatic rings. The van der Waals surface area contributed by atoms with Crippen LogP contribution in [0.25, 0.3) is 5.65 Å². The molecular weight excluding hydrogens is 378 g/mol. The summed E-state index contributed by atoms with van der Waals surface area (Å²) in [5.74, 6) is -0.389. The predicted molar refractivity (Wildman–Crippen MR) is 108 cm³/mol. The van der Waals surface area contributed by atoms with Crippen LogP contribution in [0.3, 0.4) is 0 Å². The molecule has 1 N–H and O–H groups in total. The molecule has 1 atom stereocenters. The third-order valence-corrected chi connectivity index (χ3v) is 5.29. The Bertz CT molecular complexity index is 1140. The van der Waals surface area contributed by atoms with E-state index in [2.05, 4.69) is 15.4 Å². The molecule has 28 heavy (non-hydrogen) atoms. The van der Waals surface area contributed by atoms with Gasteiger partial charge in [0, 0.05) is 35.7 Å². The zero-order chi connectivity index (χ0) is 20.2. The fourth-order valence-corrected chi connectivity index (χ4v) is 4.07. The molecule has 0 aliphatic carbocycles. The van der Waals surface area contributed by atoms with Gasteiger partial charge in [-0.3, -0.25) is 9.59 Å². The third-order valence-electron chi connectivity index (χ3n) is 4.95. The van der Waals surface area contributed by atoms with Crippen LogP contribution in [0.2, 0.25) is 5.02 Å². The van der Waals surface area contributed by atoms with Gasteiger partial charge in [-0.2, -0.15) is 5.10 Å². The van der Waals surface area contributed by atoms with Crippen molar-refractivity contribution in [1.82, 2.24) is 14.6 Å². The smallest absolute Gasteiger partial charge is 0.277 e. The SMILES string of the molecule is CC(=O)N1c2ccc(NC(=O)c3nn4c(C)cc(C)nc4c3Cl)cc2CC1C. The average Bonchev–Trinajstić information content (AvgIpc) is 3.11. The third kappa shape index (κ3) is 2.92. The van der Waals surface area contributed by atoms with Gasteiger partial charge in [-0.25, -0.2) is 9.50 Å². The first-order valence-electron chi connectivity index (χ1n) is 9.03. The molecule has 1 unspecified atom stereocenters. The van der Waals surface area contributed by atoms with E-state index in [0.717, 1.165) is 29.1 Å². The van der Waals surface area contributed by atoms with Crippen LogP contribution in [-0.4, -0.2) is 32.5 Å². The van der Waals surface area contributed by atoms with Crippen molar-refractivity contribution in [3.05, 3.63) is 51.9 Å². The number of benzene rings is 1. The minimum Gasteiger partial charge on any atom is -0.321 e. The predicted octanol–water partition coefficient (Wildman–Crippen LogP) is 3.55. The van der Waals surface area contributed by atoms with Gasteiger partial charge in [0.1, 0.15) is 5.02 Å². The number of fused-ring (bicyclic) bond motifs is 2. The first kappa shape index (κ1) is 18.4. The Kier molecular flexibility index (Phi) is 4.34. The van der Waals surface area contributed by atoms with E-state index in [9.17, 15) is 9.59 Å². The Labute approximate surface area is 167 Å². The van der Waals surface area contributed by atoms with Gasteiger partial charge >= 0.3 is 0 Å². The molecule has 1 aliphatic heterocycles. The number of carbonyl (C=O) groups excluding carboxylic acids is 2. The second-order valence-electron chi connectivity index (χ2n) is 7.18. The maximum atomic E-state index is 12.8. The normalized spacial score (nSPS) is 15.8. The van der Waals surface area contributed by atoms with Crippen molar-refractivity contribution in [2.75, 3.05) is 10.2 Å². The van der Waals surface area contributed by atoms with Gasteiger partial charge in [0.05, 0.1) is 0 Å². The monoisotopic (exact) mass is 397 g/mol. The van der Waals surface area contributed by atoms with Gasteiger partial charge in [0.2, 0.25) is 5.91 Å². The number of nitrogens with zero attached hydrogens (tertiary/aromatic N) is 4. The van der Waals surface area contributed by atoms with E-state index in [0.29, 0.717) is 11.3 Å². The van der Waals surface area contributed by atoms with Crippen LogP contribution in [0.4, 0.5) is 11.4 Å². The summed E-state index contributed by atoms with van der Waals surface area (Å²) in [6.07, 6.45) is 0.746. The number of rotatable bonds is 2. The summed E-state index contributed by atoms with van der Waals surface area (Å²) in [6.45, 7) is 7.32. The molecule has 0 saturated heterocycles. The maximum Gasteiger partial charge on any atom is 0.277 e. The van der Waals surface area contributed by atoms with Gasteiger partial charge < -0.3 is 10.2 Å².